The lowest BCUT2D eigenvalue weighted by molar-refractivity contribution is 0.0600. The van der Waals surface area contributed by atoms with Crippen LogP contribution < -0.4 is 5.32 Å². The van der Waals surface area contributed by atoms with Crippen LogP contribution in [0.2, 0.25) is 0 Å². The summed E-state index contributed by atoms with van der Waals surface area (Å²) < 4.78 is 18.6. The lowest BCUT2D eigenvalue weighted by Gasteiger charge is -2.31. The summed E-state index contributed by atoms with van der Waals surface area (Å²) in [6.07, 6.45) is 2.18. The zero-order valence-corrected chi connectivity index (χ0v) is 11.6. The SMILES string of the molecule is COC(=O)c1ccc(F)c(NC2CCN3CCC2C3)c1. The number of nitrogens with one attached hydrogen (secondary N) is 1. The van der Waals surface area contributed by atoms with Gasteiger partial charge in [0.1, 0.15) is 5.82 Å². The summed E-state index contributed by atoms with van der Waals surface area (Å²) >= 11 is 0. The van der Waals surface area contributed by atoms with Crippen molar-refractivity contribution in [3.8, 4) is 0 Å². The number of carbonyl (C=O) groups excluding carboxylic acids is 1. The molecule has 2 bridgehead atoms. The normalized spacial score (nSPS) is 28.2. The number of carbonyl (C=O) groups is 1. The number of fused-ring (bicyclic) bond motifs is 2. The van der Waals surface area contributed by atoms with Crippen molar-refractivity contribution in [3.63, 3.8) is 0 Å². The Labute approximate surface area is 117 Å². The zero-order chi connectivity index (χ0) is 14.1. The molecule has 5 heteroatoms. The number of hydrogen-bond donors (Lipinski definition) is 1. The van der Waals surface area contributed by atoms with Crippen LogP contribution in [0.3, 0.4) is 0 Å². The standard InChI is InChI=1S/C15H19FN2O2/c1-20-15(19)10-2-3-12(16)14(8-10)17-13-5-7-18-6-4-11(13)9-18/h2-3,8,11,13,17H,4-7,9H2,1H3. The first-order chi connectivity index (χ1) is 9.67. The number of halogens is 1. The van der Waals surface area contributed by atoms with E-state index in [0.717, 1.165) is 32.5 Å². The number of hydrogen-bond acceptors (Lipinski definition) is 4. The van der Waals surface area contributed by atoms with E-state index in [9.17, 15) is 9.18 Å². The second kappa shape index (κ2) is 5.40. The first-order valence-electron chi connectivity index (χ1n) is 7.04. The van der Waals surface area contributed by atoms with E-state index < -0.39 is 5.97 Å². The van der Waals surface area contributed by atoms with Gasteiger partial charge in [-0.15, -0.1) is 0 Å². The van der Waals surface area contributed by atoms with Crippen LogP contribution in [-0.4, -0.2) is 43.7 Å². The van der Waals surface area contributed by atoms with Gasteiger partial charge >= 0.3 is 5.97 Å². The molecule has 4 nitrogen and oxygen atoms in total. The summed E-state index contributed by atoms with van der Waals surface area (Å²) in [5.74, 6) is -0.188. The maximum absolute atomic E-state index is 13.9. The summed E-state index contributed by atoms with van der Waals surface area (Å²) in [5.41, 5.74) is 0.776. The average molecular weight is 278 g/mol. The molecule has 1 aromatic carbocycles. The molecule has 1 aromatic rings. The first-order valence-corrected chi connectivity index (χ1v) is 7.04. The summed E-state index contributed by atoms with van der Waals surface area (Å²) in [7, 11) is 1.33. The van der Waals surface area contributed by atoms with E-state index in [0.29, 0.717) is 17.2 Å². The first kappa shape index (κ1) is 13.4. The van der Waals surface area contributed by atoms with Crippen LogP contribution in [0.1, 0.15) is 23.2 Å². The molecule has 1 N–H and O–H groups in total. The van der Waals surface area contributed by atoms with Crippen molar-refractivity contribution in [2.45, 2.75) is 18.9 Å². The summed E-state index contributed by atoms with van der Waals surface area (Å²) in [6, 6.07) is 4.60. The van der Waals surface area contributed by atoms with Crippen LogP contribution in [0.25, 0.3) is 0 Å². The second-order valence-corrected chi connectivity index (χ2v) is 5.58. The highest BCUT2D eigenvalue weighted by molar-refractivity contribution is 5.90. The molecule has 3 atom stereocenters. The van der Waals surface area contributed by atoms with Gasteiger partial charge in [-0.1, -0.05) is 0 Å². The molecule has 0 aliphatic carbocycles. The number of benzene rings is 1. The molecule has 3 unspecified atom stereocenters. The molecule has 0 aromatic heterocycles. The Bertz CT molecular complexity index is 521. The number of piperidine rings is 1. The van der Waals surface area contributed by atoms with E-state index in [1.54, 1.807) is 6.07 Å². The van der Waals surface area contributed by atoms with E-state index >= 15 is 0 Å². The third-order valence-corrected chi connectivity index (χ3v) is 4.36. The molecule has 3 rings (SSSR count). The molecule has 2 aliphatic heterocycles. The Hall–Kier alpha value is -1.62. The van der Waals surface area contributed by atoms with Gasteiger partial charge in [0.05, 0.1) is 18.4 Å². The molecule has 108 valence electrons. The third-order valence-electron chi connectivity index (χ3n) is 4.36. The van der Waals surface area contributed by atoms with Crippen LogP contribution in [0, 0.1) is 11.7 Å². The van der Waals surface area contributed by atoms with Crippen molar-refractivity contribution in [1.82, 2.24) is 4.90 Å². The quantitative estimate of drug-likeness (QED) is 0.860. The van der Waals surface area contributed by atoms with Gasteiger partial charge in [0.2, 0.25) is 0 Å². The molecule has 20 heavy (non-hydrogen) atoms. The Morgan fingerprint density at radius 3 is 3.00 bits per heavy atom. The minimum atomic E-state index is -0.441. The second-order valence-electron chi connectivity index (χ2n) is 5.58. The summed E-state index contributed by atoms with van der Waals surface area (Å²) in [4.78, 5) is 14.0. The van der Waals surface area contributed by atoms with Crippen molar-refractivity contribution >= 4 is 11.7 Å². The molecule has 2 saturated heterocycles. The molecule has 0 spiro atoms. The highest BCUT2D eigenvalue weighted by atomic mass is 19.1. The highest BCUT2D eigenvalue weighted by Crippen LogP contribution is 2.30. The lowest BCUT2D eigenvalue weighted by Crippen LogP contribution is -2.39. The monoisotopic (exact) mass is 278 g/mol. The van der Waals surface area contributed by atoms with Gasteiger partial charge in [-0.2, -0.15) is 0 Å². The van der Waals surface area contributed by atoms with Gasteiger partial charge in [0, 0.05) is 19.1 Å². The minimum Gasteiger partial charge on any atom is -0.465 e. The third kappa shape index (κ3) is 2.50. The molecule has 0 amide bonds. The molecule has 0 saturated carbocycles. The largest absolute Gasteiger partial charge is 0.465 e. The summed E-state index contributed by atoms with van der Waals surface area (Å²) in [6.45, 7) is 3.30. The molecular formula is C15H19FN2O2. The lowest BCUT2D eigenvalue weighted by atomic mass is 9.94. The van der Waals surface area contributed by atoms with E-state index in [4.69, 9.17) is 0 Å². The van der Waals surface area contributed by atoms with Crippen molar-refractivity contribution in [2.75, 3.05) is 32.1 Å². The number of ether oxygens (including phenoxy) is 1. The van der Waals surface area contributed by atoms with E-state index in [1.165, 1.54) is 19.2 Å². The molecule has 2 aliphatic rings. The van der Waals surface area contributed by atoms with Crippen molar-refractivity contribution in [2.24, 2.45) is 5.92 Å². The predicted molar refractivity (Wildman–Crippen MR) is 74.3 cm³/mol. The van der Waals surface area contributed by atoms with Gasteiger partial charge < -0.3 is 15.0 Å². The van der Waals surface area contributed by atoms with Gasteiger partial charge in [0.15, 0.2) is 0 Å². The fourth-order valence-electron chi connectivity index (χ4n) is 3.22. The average Bonchev–Trinajstić information content (AvgIpc) is 2.86. The molecule has 2 heterocycles. The number of rotatable bonds is 3. The predicted octanol–water partition coefficient (Wildman–Crippen LogP) is 2.12. The fraction of sp³-hybridized carbons (Fsp3) is 0.533. The number of methoxy groups -OCH3 is 1. The van der Waals surface area contributed by atoms with Crippen LogP contribution >= 0.6 is 0 Å². The highest BCUT2D eigenvalue weighted by Gasteiger charge is 2.34. The molecule has 2 fully saturated rings. The Morgan fingerprint density at radius 2 is 2.20 bits per heavy atom. The van der Waals surface area contributed by atoms with E-state index in [1.807, 2.05) is 0 Å². The van der Waals surface area contributed by atoms with Crippen LogP contribution in [0.4, 0.5) is 10.1 Å². The Morgan fingerprint density at radius 1 is 1.40 bits per heavy atom. The zero-order valence-electron chi connectivity index (χ0n) is 11.6. The fourth-order valence-corrected chi connectivity index (χ4v) is 3.22. The molecule has 0 radical (unpaired) electrons. The van der Waals surface area contributed by atoms with Crippen molar-refractivity contribution < 1.29 is 13.9 Å². The van der Waals surface area contributed by atoms with Gasteiger partial charge in [-0.05, 0) is 43.5 Å². The van der Waals surface area contributed by atoms with Crippen molar-refractivity contribution in [3.05, 3.63) is 29.6 Å². The minimum absolute atomic E-state index is 0.288. The van der Waals surface area contributed by atoms with Crippen molar-refractivity contribution in [1.29, 1.82) is 0 Å². The maximum Gasteiger partial charge on any atom is 0.337 e. The van der Waals surface area contributed by atoms with Crippen LogP contribution in [0.5, 0.6) is 0 Å². The van der Waals surface area contributed by atoms with Gasteiger partial charge in [0.25, 0.3) is 0 Å². The van der Waals surface area contributed by atoms with Crippen LogP contribution in [-0.2, 0) is 4.74 Å². The Balaban J connectivity index is 1.77. The molecular weight excluding hydrogens is 259 g/mol. The van der Waals surface area contributed by atoms with Gasteiger partial charge in [-0.3, -0.25) is 0 Å². The van der Waals surface area contributed by atoms with E-state index in [-0.39, 0.29) is 11.9 Å². The topological polar surface area (TPSA) is 41.6 Å². The van der Waals surface area contributed by atoms with E-state index in [2.05, 4.69) is 15.0 Å². The number of esters is 1. The number of nitrogens with zero attached hydrogens (tertiary/aromatic N) is 1. The summed E-state index contributed by atoms with van der Waals surface area (Å²) in [5, 5.41) is 3.29. The van der Waals surface area contributed by atoms with Gasteiger partial charge in [-0.25, -0.2) is 9.18 Å². The smallest absolute Gasteiger partial charge is 0.337 e. The number of anilines is 1. The Kier molecular flexibility index (Phi) is 3.61. The maximum atomic E-state index is 13.9. The van der Waals surface area contributed by atoms with Crippen LogP contribution in [0.15, 0.2) is 18.2 Å².